The van der Waals surface area contributed by atoms with Gasteiger partial charge in [0, 0.05) is 7.11 Å². The van der Waals surface area contributed by atoms with E-state index in [0.29, 0.717) is 6.61 Å². The van der Waals surface area contributed by atoms with Crippen molar-refractivity contribution < 1.29 is 14.3 Å². The van der Waals surface area contributed by atoms with Crippen molar-refractivity contribution in [3.63, 3.8) is 0 Å². The zero-order chi connectivity index (χ0) is 9.78. The second-order valence-electron chi connectivity index (χ2n) is 3.77. The first kappa shape index (κ1) is 11.4. The molecule has 0 spiro atoms. The number of methoxy groups -OCH3 is 1. The number of esters is 1. The number of hydrogen-bond donors (Lipinski definition) is 0. The van der Waals surface area contributed by atoms with E-state index in [1.54, 1.807) is 21.0 Å². The summed E-state index contributed by atoms with van der Waals surface area (Å²) in [6.07, 6.45) is -0.0615. The van der Waals surface area contributed by atoms with E-state index in [1.165, 1.54) is 0 Å². The Hall–Kier alpha value is -0.570. The number of rotatable bonds is 4. The number of ether oxygens (including phenoxy) is 2. The number of hydrogen-bond acceptors (Lipinski definition) is 3. The Kier molecular flexibility index (Phi) is 4.24. The van der Waals surface area contributed by atoms with Crippen molar-refractivity contribution in [1.29, 1.82) is 0 Å². The van der Waals surface area contributed by atoms with Crippen molar-refractivity contribution in [3.05, 3.63) is 0 Å². The van der Waals surface area contributed by atoms with Gasteiger partial charge in [-0.15, -0.1) is 0 Å². The fourth-order valence-corrected chi connectivity index (χ4v) is 0.793. The molecule has 0 aromatic heterocycles. The molecule has 0 saturated carbocycles. The van der Waals surface area contributed by atoms with Crippen LogP contribution in [0.1, 0.15) is 27.7 Å². The van der Waals surface area contributed by atoms with Gasteiger partial charge in [0.05, 0.1) is 18.1 Å². The van der Waals surface area contributed by atoms with Crippen molar-refractivity contribution in [2.75, 3.05) is 13.7 Å². The minimum atomic E-state index is -0.543. The quantitative estimate of drug-likeness (QED) is 0.607. The Bertz CT molecular complexity index is 150. The summed E-state index contributed by atoms with van der Waals surface area (Å²) in [5, 5.41) is 0. The molecule has 3 nitrogen and oxygen atoms in total. The zero-order valence-electron chi connectivity index (χ0n) is 8.51. The molecule has 0 bridgehead atoms. The van der Waals surface area contributed by atoms with Crippen LogP contribution >= 0.6 is 0 Å². The number of carbonyl (C=O) groups is 1. The third kappa shape index (κ3) is 3.72. The van der Waals surface area contributed by atoms with Crippen molar-refractivity contribution in [2.24, 2.45) is 5.41 Å². The SMILES string of the molecule is COCC(C)(C)C(=O)OC(C)C. The molecule has 0 N–H and O–H groups in total. The molecule has 0 rings (SSSR count). The molecule has 0 saturated heterocycles. The van der Waals surface area contributed by atoms with Gasteiger partial charge >= 0.3 is 5.97 Å². The van der Waals surface area contributed by atoms with E-state index in [4.69, 9.17) is 9.47 Å². The van der Waals surface area contributed by atoms with Crippen LogP contribution in [0.5, 0.6) is 0 Å². The van der Waals surface area contributed by atoms with Crippen LogP contribution in [0.3, 0.4) is 0 Å². The Balaban J connectivity index is 4.06. The van der Waals surface area contributed by atoms with Gasteiger partial charge in [-0.1, -0.05) is 0 Å². The minimum Gasteiger partial charge on any atom is -0.462 e. The molecule has 0 aromatic carbocycles. The van der Waals surface area contributed by atoms with Gasteiger partial charge in [-0.3, -0.25) is 4.79 Å². The summed E-state index contributed by atoms with van der Waals surface area (Å²) in [7, 11) is 1.57. The monoisotopic (exact) mass is 174 g/mol. The molecule has 3 heteroatoms. The standard InChI is InChI=1S/C9H18O3/c1-7(2)12-8(10)9(3,4)6-11-5/h7H,6H2,1-5H3. The molecule has 0 aliphatic rings. The van der Waals surface area contributed by atoms with E-state index >= 15 is 0 Å². The van der Waals surface area contributed by atoms with Gasteiger partial charge in [-0.25, -0.2) is 0 Å². The fraction of sp³-hybridized carbons (Fsp3) is 0.889. The Morgan fingerprint density at radius 2 is 1.92 bits per heavy atom. The average molecular weight is 174 g/mol. The van der Waals surface area contributed by atoms with E-state index in [-0.39, 0.29) is 12.1 Å². The van der Waals surface area contributed by atoms with Gasteiger partial charge in [-0.2, -0.15) is 0 Å². The van der Waals surface area contributed by atoms with Crippen LogP contribution in [0.15, 0.2) is 0 Å². The largest absolute Gasteiger partial charge is 0.462 e. The van der Waals surface area contributed by atoms with E-state index in [9.17, 15) is 4.79 Å². The maximum atomic E-state index is 11.4. The molecule has 0 atom stereocenters. The summed E-state index contributed by atoms with van der Waals surface area (Å²) in [5.74, 6) is -0.209. The van der Waals surface area contributed by atoms with E-state index in [0.717, 1.165) is 0 Å². The van der Waals surface area contributed by atoms with Gasteiger partial charge in [0.25, 0.3) is 0 Å². The highest BCUT2D eigenvalue weighted by Crippen LogP contribution is 2.18. The van der Waals surface area contributed by atoms with Gasteiger partial charge in [0.1, 0.15) is 0 Å². The Morgan fingerprint density at radius 1 is 1.42 bits per heavy atom. The van der Waals surface area contributed by atoms with E-state index < -0.39 is 5.41 Å². The second-order valence-corrected chi connectivity index (χ2v) is 3.77. The van der Waals surface area contributed by atoms with Crippen molar-refractivity contribution >= 4 is 5.97 Å². The van der Waals surface area contributed by atoms with Crippen molar-refractivity contribution in [2.45, 2.75) is 33.8 Å². The predicted octanol–water partition coefficient (Wildman–Crippen LogP) is 1.61. The minimum absolute atomic E-state index is 0.0615. The topological polar surface area (TPSA) is 35.5 Å². The molecule has 0 unspecified atom stereocenters. The number of carbonyl (C=O) groups excluding carboxylic acids is 1. The van der Waals surface area contributed by atoms with Gasteiger partial charge in [0.15, 0.2) is 0 Å². The fourth-order valence-electron chi connectivity index (χ4n) is 0.793. The molecule has 0 amide bonds. The highest BCUT2D eigenvalue weighted by Gasteiger charge is 2.29. The summed E-state index contributed by atoms with van der Waals surface area (Å²) in [5.41, 5.74) is -0.543. The first-order valence-corrected chi connectivity index (χ1v) is 4.10. The molecular weight excluding hydrogens is 156 g/mol. The smallest absolute Gasteiger partial charge is 0.314 e. The Morgan fingerprint density at radius 3 is 2.25 bits per heavy atom. The maximum Gasteiger partial charge on any atom is 0.314 e. The predicted molar refractivity (Wildman–Crippen MR) is 46.9 cm³/mol. The summed E-state index contributed by atoms with van der Waals surface area (Å²) >= 11 is 0. The van der Waals surface area contributed by atoms with Crippen LogP contribution < -0.4 is 0 Å². The highest BCUT2D eigenvalue weighted by atomic mass is 16.5. The van der Waals surface area contributed by atoms with Crippen molar-refractivity contribution in [3.8, 4) is 0 Å². The maximum absolute atomic E-state index is 11.4. The van der Waals surface area contributed by atoms with Crippen molar-refractivity contribution in [1.82, 2.24) is 0 Å². The summed E-state index contributed by atoms with van der Waals surface area (Å²) in [6.45, 7) is 7.67. The van der Waals surface area contributed by atoms with Crippen LogP contribution in [0.2, 0.25) is 0 Å². The lowest BCUT2D eigenvalue weighted by Crippen LogP contribution is -2.32. The average Bonchev–Trinajstić information content (AvgIpc) is 1.85. The molecular formula is C9H18O3. The summed E-state index contributed by atoms with van der Waals surface area (Å²) in [4.78, 5) is 11.4. The zero-order valence-corrected chi connectivity index (χ0v) is 8.51. The summed E-state index contributed by atoms with van der Waals surface area (Å²) < 4.78 is 9.96. The van der Waals surface area contributed by atoms with Crippen LogP contribution in [-0.2, 0) is 14.3 Å². The molecule has 0 radical (unpaired) electrons. The third-order valence-corrected chi connectivity index (χ3v) is 1.40. The molecule has 0 aliphatic heterocycles. The van der Waals surface area contributed by atoms with Crippen LogP contribution in [-0.4, -0.2) is 25.8 Å². The normalized spacial score (nSPS) is 11.8. The van der Waals surface area contributed by atoms with Crippen LogP contribution in [0, 0.1) is 5.41 Å². The van der Waals surface area contributed by atoms with Gasteiger partial charge in [0.2, 0.25) is 0 Å². The molecule has 12 heavy (non-hydrogen) atoms. The van der Waals surface area contributed by atoms with E-state index in [1.807, 2.05) is 13.8 Å². The molecule has 72 valence electrons. The lowest BCUT2D eigenvalue weighted by Gasteiger charge is -2.22. The molecule has 0 aromatic rings. The molecule has 0 heterocycles. The second kappa shape index (κ2) is 4.45. The molecule has 0 fully saturated rings. The van der Waals surface area contributed by atoms with Gasteiger partial charge in [-0.05, 0) is 27.7 Å². The lowest BCUT2D eigenvalue weighted by molar-refractivity contribution is -0.160. The van der Waals surface area contributed by atoms with E-state index in [2.05, 4.69) is 0 Å². The third-order valence-electron chi connectivity index (χ3n) is 1.40. The van der Waals surface area contributed by atoms with Crippen LogP contribution in [0.4, 0.5) is 0 Å². The van der Waals surface area contributed by atoms with Gasteiger partial charge < -0.3 is 9.47 Å². The Labute approximate surface area is 74.0 Å². The highest BCUT2D eigenvalue weighted by molar-refractivity contribution is 5.76. The van der Waals surface area contributed by atoms with Crippen LogP contribution in [0.25, 0.3) is 0 Å². The molecule has 0 aliphatic carbocycles. The lowest BCUT2D eigenvalue weighted by atomic mass is 9.95. The first-order valence-electron chi connectivity index (χ1n) is 4.10. The first-order chi connectivity index (χ1) is 5.40. The summed E-state index contributed by atoms with van der Waals surface area (Å²) in [6, 6.07) is 0.